The van der Waals surface area contributed by atoms with Crippen LogP contribution in [-0.2, 0) is 4.79 Å². The molecule has 1 aromatic rings. The fourth-order valence-electron chi connectivity index (χ4n) is 0.875. The molecule has 14 heavy (non-hydrogen) atoms. The van der Waals surface area contributed by atoms with Crippen molar-refractivity contribution >= 4 is 17.7 Å². The molecule has 1 N–H and O–H groups in total. The van der Waals surface area contributed by atoms with Crippen LogP contribution in [0.5, 0.6) is 0 Å². The Hall–Kier alpha value is -1.04. The number of hydrogen-bond donors (Lipinski definition) is 1. The largest absolute Gasteiger partial charge is 0.481 e. The number of carboxylic acids is 1. The highest BCUT2D eigenvalue weighted by Crippen LogP contribution is 2.17. The molecule has 0 amide bonds. The van der Waals surface area contributed by atoms with E-state index >= 15 is 0 Å². The zero-order valence-corrected chi connectivity index (χ0v) is 8.71. The number of thioether (sulfide) groups is 1. The van der Waals surface area contributed by atoms with Gasteiger partial charge >= 0.3 is 5.97 Å². The summed E-state index contributed by atoms with van der Waals surface area (Å²) in [5.74, 6) is 0.622. The third-order valence-electron chi connectivity index (χ3n) is 1.52. The van der Waals surface area contributed by atoms with Crippen LogP contribution in [0.15, 0.2) is 9.64 Å². The van der Waals surface area contributed by atoms with Crippen molar-refractivity contribution < 1.29 is 14.3 Å². The third kappa shape index (κ3) is 4.27. The van der Waals surface area contributed by atoms with Gasteiger partial charge in [0.15, 0.2) is 0 Å². The van der Waals surface area contributed by atoms with Gasteiger partial charge in [0.25, 0.3) is 5.22 Å². The number of hydrogen-bond acceptors (Lipinski definition) is 5. The molecule has 0 unspecified atom stereocenters. The van der Waals surface area contributed by atoms with E-state index in [4.69, 9.17) is 9.52 Å². The lowest BCUT2D eigenvalue weighted by Gasteiger charge is -1.94. The van der Waals surface area contributed by atoms with Gasteiger partial charge in [-0.1, -0.05) is 11.8 Å². The SMILES string of the molecule is Cc1nnc(SCCCCC(=O)O)o1. The molecule has 0 saturated carbocycles. The lowest BCUT2D eigenvalue weighted by atomic mass is 10.3. The summed E-state index contributed by atoms with van der Waals surface area (Å²) in [7, 11) is 0. The number of aliphatic carboxylic acids is 1. The van der Waals surface area contributed by atoms with Crippen molar-refractivity contribution in [1.29, 1.82) is 0 Å². The van der Waals surface area contributed by atoms with Crippen molar-refractivity contribution in [3.05, 3.63) is 5.89 Å². The van der Waals surface area contributed by atoms with E-state index < -0.39 is 5.97 Å². The molecule has 0 atom stereocenters. The van der Waals surface area contributed by atoms with E-state index in [1.807, 2.05) is 0 Å². The van der Waals surface area contributed by atoms with Crippen LogP contribution in [0, 0.1) is 6.92 Å². The number of rotatable bonds is 6. The summed E-state index contributed by atoms with van der Waals surface area (Å²) in [4.78, 5) is 10.2. The van der Waals surface area contributed by atoms with Crippen molar-refractivity contribution in [2.24, 2.45) is 0 Å². The molecule has 0 saturated heterocycles. The first-order chi connectivity index (χ1) is 6.68. The van der Waals surface area contributed by atoms with Crippen LogP contribution < -0.4 is 0 Å². The molecule has 0 aliphatic carbocycles. The van der Waals surface area contributed by atoms with E-state index in [1.54, 1.807) is 6.92 Å². The molecular formula is C8H12N2O3S. The van der Waals surface area contributed by atoms with Gasteiger partial charge in [-0.2, -0.15) is 0 Å². The smallest absolute Gasteiger partial charge is 0.303 e. The molecule has 0 aliphatic rings. The first-order valence-corrected chi connectivity index (χ1v) is 5.32. The molecule has 0 spiro atoms. The Balaban J connectivity index is 2.07. The summed E-state index contributed by atoms with van der Waals surface area (Å²) in [6.45, 7) is 1.74. The van der Waals surface area contributed by atoms with Gasteiger partial charge in [0, 0.05) is 19.1 Å². The molecule has 1 heterocycles. The normalized spacial score (nSPS) is 10.4. The van der Waals surface area contributed by atoms with Gasteiger partial charge in [0.2, 0.25) is 5.89 Å². The first kappa shape index (κ1) is 11.0. The number of nitrogens with zero attached hydrogens (tertiary/aromatic N) is 2. The van der Waals surface area contributed by atoms with Gasteiger partial charge in [-0.25, -0.2) is 0 Å². The van der Waals surface area contributed by atoms with Gasteiger partial charge < -0.3 is 9.52 Å². The average Bonchev–Trinajstić information content (AvgIpc) is 2.50. The monoisotopic (exact) mass is 216 g/mol. The Kier molecular flexibility index (Phi) is 4.45. The van der Waals surface area contributed by atoms with Crippen molar-refractivity contribution in [3.8, 4) is 0 Å². The van der Waals surface area contributed by atoms with Gasteiger partial charge in [0.05, 0.1) is 0 Å². The summed E-state index contributed by atoms with van der Waals surface area (Å²) in [5, 5.41) is 16.4. The highest BCUT2D eigenvalue weighted by Gasteiger charge is 2.02. The topological polar surface area (TPSA) is 76.2 Å². The maximum Gasteiger partial charge on any atom is 0.303 e. The summed E-state index contributed by atoms with van der Waals surface area (Å²) in [6.07, 6.45) is 1.76. The highest BCUT2D eigenvalue weighted by molar-refractivity contribution is 7.99. The molecule has 0 fully saturated rings. The highest BCUT2D eigenvalue weighted by atomic mass is 32.2. The van der Waals surface area contributed by atoms with Gasteiger partial charge in [-0.3, -0.25) is 4.79 Å². The zero-order chi connectivity index (χ0) is 10.4. The molecule has 1 rings (SSSR count). The number of aryl methyl sites for hydroxylation is 1. The van der Waals surface area contributed by atoms with E-state index in [2.05, 4.69) is 10.2 Å². The molecular weight excluding hydrogens is 204 g/mol. The van der Waals surface area contributed by atoms with E-state index in [0.717, 1.165) is 12.2 Å². The third-order valence-corrected chi connectivity index (χ3v) is 2.42. The maximum absolute atomic E-state index is 10.2. The van der Waals surface area contributed by atoms with Crippen molar-refractivity contribution in [2.75, 3.05) is 5.75 Å². The fourth-order valence-corrected chi connectivity index (χ4v) is 1.68. The second kappa shape index (κ2) is 5.64. The van der Waals surface area contributed by atoms with E-state index in [-0.39, 0.29) is 6.42 Å². The molecule has 0 bridgehead atoms. The van der Waals surface area contributed by atoms with Crippen molar-refractivity contribution in [3.63, 3.8) is 0 Å². The van der Waals surface area contributed by atoms with E-state index in [1.165, 1.54) is 11.8 Å². The van der Waals surface area contributed by atoms with Crippen molar-refractivity contribution in [2.45, 2.75) is 31.4 Å². The molecule has 5 nitrogen and oxygen atoms in total. The summed E-state index contributed by atoms with van der Waals surface area (Å²) in [6, 6.07) is 0. The minimum atomic E-state index is -0.747. The van der Waals surface area contributed by atoms with Crippen LogP contribution in [-0.4, -0.2) is 27.0 Å². The van der Waals surface area contributed by atoms with Crippen LogP contribution in [0.25, 0.3) is 0 Å². The Morgan fingerprint density at radius 1 is 1.50 bits per heavy atom. The Morgan fingerprint density at radius 2 is 2.29 bits per heavy atom. The summed E-state index contributed by atoms with van der Waals surface area (Å²) >= 11 is 1.46. The lowest BCUT2D eigenvalue weighted by molar-refractivity contribution is -0.137. The van der Waals surface area contributed by atoms with Gasteiger partial charge in [-0.05, 0) is 12.8 Å². The Morgan fingerprint density at radius 3 is 2.86 bits per heavy atom. The van der Waals surface area contributed by atoms with Crippen LogP contribution in [0.1, 0.15) is 25.2 Å². The average molecular weight is 216 g/mol. The Labute approximate surface area is 85.9 Å². The molecule has 0 aromatic carbocycles. The van der Waals surface area contributed by atoms with E-state index in [9.17, 15) is 4.79 Å². The van der Waals surface area contributed by atoms with Crippen LogP contribution in [0.3, 0.4) is 0 Å². The number of carboxylic acid groups (broad SMARTS) is 1. The predicted octanol–water partition coefficient (Wildman–Crippen LogP) is 1.73. The molecule has 1 aromatic heterocycles. The molecule has 0 radical (unpaired) electrons. The second-order valence-electron chi connectivity index (χ2n) is 2.79. The lowest BCUT2D eigenvalue weighted by Crippen LogP contribution is -1.94. The number of carbonyl (C=O) groups is 1. The van der Waals surface area contributed by atoms with Gasteiger partial charge in [0.1, 0.15) is 0 Å². The first-order valence-electron chi connectivity index (χ1n) is 4.33. The molecule has 6 heteroatoms. The second-order valence-corrected chi connectivity index (χ2v) is 3.83. The number of aromatic nitrogens is 2. The quantitative estimate of drug-likeness (QED) is 0.576. The number of unbranched alkanes of at least 4 members (excludes halogenated alkanes) is 1. The maximum atomic E-state index is 10.2. The molecule has 0 aliphatic heterocycles. The fraction of sp³-hybridized carbons (Fsp3) is 0.625. The van der Waals surface area contributed by atoms with Crippen LogP contribution >= 0.6 is 11.8 Å². The summed E-state index contributed by atoms with van der Waals surface area (Å²) < 4.78 is 5.14. The van der Waals surface area contributed by atoms with Crippen LogP contribution in [0.4, 0.5) is 0 Å². The van der Waals surface area contributed by atoms with Crippen molar-refractivity contribution in [1.82, 2.24) is 10.2 Å². The molecule has 78 valence electrons. The standard InChI is InChI=1S/C8H12N2O3S/c1-6-9-10-8(13-6)14-5-3-2-4-7(11)12/h2-5H2,1H3,(H,11,12). The van der Waals surface area contributed by atoms with E-state index in [0.29, 0.717) is 17.5 Å². The zero-order valence-electron chi connectivity index (χ0n) is 7.89. The predicted molar refractivity (Wildman–Crippen MR) is 51.2 cm³/mol. The summed E-state index contributed by atoms with van der Waals surface area (Å²) in [5.41, 5.74) is 0. The van der Waals surface area contributed by atoms with Crippen LogP contribution in [0.2, 0.25) is 0 Å². The van der Waals surface area contributed by atoms with Gasteiger partial charge in [-0.15, -0.1) is 10.2 Å². The minimum absolute atomic E-state index is 0.226. The Bertz CT molecular complexity index is 301. The minimum Gasteiger partial charge on any atom is -0.481 e.